The maximum atomic E-state index is 5.50. The number of hydrogen-bond donors (Lipinski definition) is 1. The smallest absolute Gasteiger partial charge is 0.0468 e. The van der Waals surface area contributed by atoms with Crippen molar-refractivity contribution in [3.05, 3.63) is 0 Å². The van der Waals surface area contributed by atoms with Crippen LogP contribution >= 0.6 is 0 Å². The lowest BCUT2D eigenvalue weighted by atomic mass is 9.72. The Morgan fingerprint density at radius 2 is 1.83 bits per heavy atom. The molecule has 0 aromatic rings. The SMILES string of the molecule is CCNC(CC1CCOCC1)C1(CC)CCCC1. The van der Waals surface area contributed by atoms with Gasteiger partial charge in [0.25, 0.3) is 0 Å². The molecule has 1 saturated heterocycles. The summed E-state index contributed by atoms with van der Waals surface area (Å²) in [4.78, 5) is 0. The van der Waals surface area contributed by atoms with Gasteiger partial charge in [0.1, 0.15) is 0 Å². The molecule has 1 N–H and O–H groups in total. The van der Waals surface area contributed by atoms with Crippen molar-refractivity contribution >= 4 is 0 Å². The van der Waals surface area contributed by atoms with Crippen molar-refractivity contribution in [1.29, 1.82) is 0 Å². The molecule has 1 saturated carbocycles. The van der Waals surface area contributed by atoms with Gasteiger partial charge in [0, 0.05) is 19.3 Å². The molecule has 1 aliphatic carbocycles. The van der Waals surface area contributed by atoms with Crippen LogP contribution in [0.1, 0.15) is 65.2 Å². The summed E-state index contributed by atoms with van der Waals surface area (Å²) in [6, 6.07) is 0.748. The third kappa shape index (κ3) is 3.27. The molecule has 1 aliphatic heterocycles. The van der Waals surface area contributed by atoms with Crippen LogP contribution in [-0.2, 0) is 4.74 Å². The number of rotatable bonds is 6. The van der Waals surface area contributed by atoms with Gasteiger partial charge in [-0.25, -0.2) is 0 Å². The van der Waals surface area contributed by atoms with Gasteiger partial charge in [-0.05, 0) is 56.4 Å². The normalized spacial score (nSPS) is 26.3. The molecule has 2 fully saturated rings. The van der Waals surface area contributed by atoms with Crippen LogP contribution < -0.4 is 5.32 Å². The minimum Gasteiger partial charge on any atom is -0.381 e. The predicted octanol–water partition coefficient (Wildman–Crippen LogP) is 3.75. The molecule has 0 bridgehead atoms. The highest BCUT2D eigenvalue weighted by Gasteiger charge is 2.40. The molecule has 2 heteroatoms. The van der Waals surface area contributed by atoms with E-state index < -0.39 is 0 Å². The average molecular weight is 253 g/mol. The van der Waals surface area contributed by atoms with Crippen LogP contribution in [0.15, 0.2) is 0 Å². The lowest BCUT2D eigenvalue weighted by Crippen LogP contribution is -2.45. The zero-order chi connectivity index (χ0) is 12.8. The highest BCUT2D eigenvalue weighted by atomic mass is 16.5. The summed E-state index contributed by atoms with van der Waals surface area (Å²) in [7, 11) is 0. The fraction of sp³-hybridized carbons (Fsp3) is 1.00. The molecule has 1 unspecified atom stereocenters. The number of nitrogens with one attached hydrogen (secondary N) is 1. The first-order valence-electron chi connectivity index (χ1n) is 8.12. The van der Waals surface area contributed by atoms with Crippen LogP contribution in [-0.4, -0.2) is 25.8 Å². The lowest BCUT2D eigenvalue weighted by molar-refractivity contribution is 0.0500. The molecule has 2 nitrogen and oxygen atoms in total. The Morgan fingerprint density at radius 1 is 1.17 bits per heavy atom. The van der Waals surface area contributed by atoms with Crippen LogP contribution in [0.3, 0.4) is 0 Å². The molecule has 1 atom stereocenters. The van der Waals surface area contributed by atoms with Gasteiger partial charge >= 0.3 is 0 Å². The minimum atomic E-state index is 0.605. The maximum absolute atomic E-state index is 5.50. The summed E-state index contributed by atoms with van der Waals surface area (Å²) in [6.45, 7) is 7.76. The van der Waals surface area contributed by atoms with Gasteiger partial charge < -0.3 is 10.1 Å². The van der Waals surface area contributed by atoms with Crippen LogP contribution in [0.25, 0.3) is 0 Å². The summed E-state index contributed by atoms with van der Waals surface area (Å²) >= 11 is 0. The quantitative estimate of drug-likeness (QED) is 0.778. The van der Waals surface area contributed by atoms with E-state index in [0.29, 0.717) is 5.41 Å². The minimum absolute atomic E-state index is 0.605. The number of ether oxygens (including phenoxy) is 1. The van der Waals surface area contributed by atoms with Crippen molar-refractivity contribution < 1.29 is 4.74 Å². The fourth-order valence-corrected chi connectivity index (χ4v) is 4.14. The summed E-state index contributed by atoms with van der Waals surface area (Å²) in [6.07, 6.45) is 11.1. The van der Waals surface area contributed by atoms with E-state index in [1.54, 1.807) is 0 Å². The van der Waals surface area contributed by atoms with E-state index in [9.17, 15) is 0 Å². The molecule has 0 aromatic carbocycles. The van der Waals surface area contributed by atoms with E-state index in [1.807, 2.05) is 0 Å². The Hall–Kier alpha value is -0.0800. The van der Waals surface area contributed by atoms with Gasteiger partial charge in [-0.2, -0.15) is 0 Å². The van der Waals surface area contributed by atoms with E-state index in [4.69, 9.17) is 4.74 Å². The van der Waals surface area contributed by atoms with Gasteiger partial charge in [-0.15, -0.1) is 0 Å². The topological polar surface area (TPSA) is 21.3 Å². The molecular weight excluding hydrogens is 222 g/mol. The van der Waals surface area contributed by atoms with Gasteiger partial charge in [0.2, 0.25) is 0 Å². The third-order valence-corrected chi connectivity index (χ3v) is 5.40. The Labute approximate surface area is 113 Å². The fourth-order valence-electron chi connectivity index (χ4n) is 4.14. The molecule has 2 rings (SSSR count). The van der Waals surface area contributed by atoms with E-state index >= 15 is 0 Å². The van der Waals surface area contributed by atoms with Crippen molar-refractivity contribution in [2.75, 3.05) is 19.8 Å². The first-order chi connectivity index (χ1) is 8.80. The van der Waals surface area contributed by atoms with Crippen LogP contribution in [0.5, 0.6) is 0 Å². The zero-order valence-electron chi connectivity index (χ0n) is 12.3. The van der Waals surface area contributed by atoms with Crippen molar-refractivity contribution in [2.45, 2.75) is 71.3 Å². The molecule has 0 radical (unpaired) electrons. The van der Waals surface area contributed by atoms with E-state index in [2.05, 4.69) is 19.2 Å². The first-order valence-corrected chi connectivity index (χ1v) is 8.12. The molecular formula is C16H31NO. The van der Waals surface area contributed by atoms with Gasteiger partial charge in [0.15, 0.2) is 0 Å². The summed E-state index contributed by atoms with van der Waals surface area (Å²) in [5.74, 6) is 0.895. The van der Waals surface area contributed by atoms with Crippen LogP contribution in [0, 0.1) is 11.3 Å². The molecule has 18 heavy (non-hydrogen) atoms. The van der Waals surface area contributed by atoms with Gasteiger partial charge in [0.05, 0.1) is 0 Å². The highest BCUT2D eigenvalue weighted by Crippen LogP contribution is 2.46. The van der Waals surface area contributed by atoms with E-state index in [1.165, 1.54) is 51.4 Å². The van der Waals surface area contributed by atoms with Crippen molar-refractivity contribution in [1.82, 2.24) is 5.32 Å². The Balaban J connectivity index is 1.97. The Bertz CT molecular complexity index is 229. The Kier molecular flexibility index (Phi) is 5.50. The second-order valence-corrected chi connectivity index (χ2v) is 6.32. The highest BCUT2D eigenvalue weighted by molar-refractivity contribution is 4.94. The van der Waals surface area contributed by atoms with E-state index in [0.717, 1.165) is 31.7 Å². The summed E-state index contributed by atoms with van der Waals surface area (Å²) < 4.78 is 5.50. The second-order valence-electron chi connectivity index (χ2n) is 6.32. The second kappa shape index (κ2) is 6.91. The van der Waals surface area contributed by atoms with Crippen LogP contribution in [0.2, 0.25) is 0 Å². The monoisotopic (exact) mass is 253 g/mol. The molecule has 106 valence electrons. The Morgan fingerprint density at radius 3 is 2.39 bits per heavy atom. The van der Waals surface area contributed by atoms with Crippen molar-refractivity contribution in [2.24, 2.45) is 11.3 Å². The summed E-state index contributed by atoms with van der Waals surface area (Å²) in [5.41, 5.74) is 0.605. The van der Waals surface area contributed by atoms with Gasteiger partial charge in [-0.3, -0.25) is 0 Å². The van der Waals surface area contributed by atoms with E-state index in [-0.39, 0.29) is 0 Å². The lowest BCUT2D eigenvalue weighted by Gasteiger charge is -2.40. The standard InChI is InChI=1S/C16H31NO/c1-3-16(9-5-6-10-16)15(17-4-2)13-14-7-11-18-12-8-14/h14-15,17H,3-13H2,1-2H3. The van der Waals surface area contributed by atoms with Crippen molar-refractivity contribution in [3.8, 4) is 0 Å². The third-order valence-electron chi connectivity index (χ3n) is 5.40. The predicted molar refractivity (Wildman–Crippen MR) is 76.8 cm³/mol. The maximum Gasteiger partial charge on any atom is 0.0468 e. The largest absolute Gasteiger partial charge is 0.381 e. The number of hydrogen-bond acceptors (Lipinski definition) is 2. The molecule has 0 aromatic heterocycles. The summed E-state index contributed by atoms with van der Waals surface area (Å²) in [5, 5.41) is 3.82. The molecule has 1 heterocycles. The zero-order valence-corrected chi connectivity index (χ0v) is 12.3. The molecule has 2 aliphatic rings. The van der Waals surface area contributed by atoms with Crippen LogP contribution in [0.4, 0.5) is 0 Å². The average Bonchev–Trinajstić information content (AvgIpc) is 2.89. The first kappa shape index (κ1) is 14.3. The molecule has 0 spiro atoms. The van der Waals surface area contributed by atoms with Gasteiger partial charge in [-0.1, -0.05) is 26.7 Å². The molecule has 0 amide bonds. The van der Waals surface area contributed by atoms with Crippen molar-refractivity contribution in [3.63, 3.8) is 0 Å².